The summed E-state index contributed by atoms with van der Waals surface area (Å²) in [4.78, 5) is 12.4. The first-order valence-corrected chi connectivity index (χ1v) is 11.9. The summed E-state index contributed by atoms with van der Waals surface area (Å²) in [6.45, 7) is -2.92. The van der Waals surface area contributed by atoms with Crippen molar-refractivity contribution < 1.29 is 37.6 Å². The second-order valence-corrected chi connectivity index (χ2v) is 9.19. The summed E-state index contributed by atoms with van der Waals surface area (Å²) < 4.78 is 47.5. The maximum Gasteiger partial charge on any atom is 0.387 e. The van der Waals surface area contributed by atoms with Gasteiger partial charge in [0.25, 0.3) is 0 Å². The molecule has 1 N–H and O–H groups in total. The van der Waals surface area contributed by atoms with Crippen LogP contribution in [0.25, 0.3) is 0 Å². The molecule has 0 radical (unpaired) electrons. The number of fused-ring (bicyclic) bond motifs is 3. The normalized spacial score (nSPS) is 18.0. The molecule has 2 aliphatic heterocycles. The topological polar surface area (TPSA) is 89.8 Å². The highest BCUT2D eigenvalue weighted by atomic mass is 79.9. The Morgan fingerprint density at radius 2 is 1.86 bits per heavy atom. The number of benzene rings is 3. The number of hydrogen-bond donors (Lipinski definition) is 1. The zero-order valence-corrected chi connectivity index (χ0v) is 21.2. The molecule has 11 heteroatoms. The molecule has 0 aliphatic carbocycles. The van der Waals surface area contributed by atoms with Gasteiger partial charge in [-0.3, -0.25) is 0 Å². The van der Waals surface area contributed by atoms with E-state index in [1.54, 1.807) is 29.3 Å². The summed E-state index contributed by atoms with van der Waals surface area (Å²) in [6.07, 6.45) is -0.405. The van der Waals surface area contributed by atoms with E-state index in [2.05, 4.69) is 20.7 Å². The number of carboxylic acids is 1. The molecule has 0 aromatic heterocycles. The largest absolute Gasteiger partial charge is 0.493 e. The summed E-state index contributed by atoms with van der Waals surface area (Å²) in [7, 11) is 2.80. The van der Waals surface area contributed by atoms with Crippen LogP contribution in [0.4, 0.5) is 8.78 Å². The maximum absolute atomic E-state index is 12.6. The standard InChI is InChI=1S/C26H21BrF2N2O6/c1-34-21-10-8-16(22(25(32)33)23(21)35-2)24-31-19(17-11-14(27)5-9-20(17)37-24)12-18(30-31)13-3-6-15(7-4-13)36-26(28)29/h3-11,19,24,26H,12H2,1-2H3,(H,32,33)/t19-,24+/m1/s1. The van der Waals surface area contributed by atoms with Gasteiger partial charge >= 0.3 is 12.6 Å². The number of aromatic carboxylic acids is 1. The van der Waals surface area contributed by atoms with Gasteiger partial charge in [-0.05, 0) is 60.2 Å². The van der Waals surface area contributed by atoms with Crippen molar-refractivity contribution in [2.75, 3.05) is 14.2 Å². The molecule has 5 rings (SSSR count). The van der Waals surface area contributed by atoms with Gasteiger partial charge in [0, 0.05) is 22.0 Å². The predicted molar refractivity (Wildman–Crippen MR) is 133 cm³/mol. The van der Waals surface area contributed by atoms with E-state index in [1.807, 2.05) is 18.2 Å². The Morgan fingerprint density at radius 3 is 2.51 bits per heavy atom. The van der Waals surface area contributed by atoms with Gasteiger partial charge in [0.2, 0.25) is 6.23 Å². The fourth-order valence-corrected chi connectivity index (χ4v) is 5.01. The van der Waals surface area contributed by atoms with Gasteiger partial charge in [0.15, 0.2) is 11.5 Å². The van der Waals surface area contributed by atoms with Gasteiger partial charge in [0.1, 0.15) is 17.1 Å². The van der Waals surface area contributed by atoms with Gasteiger partial charge in [0.05, 0.1) is 26.0 Å². The van der Waals surface area contributed by atoms with E-state index < -0.39 is 18.8 Å². The van der Waals surface area contributed by atoms with Crippen molar-refractivity contribution in [1.82, 2.24) is 5.01 Å². The van der Waals surface area contributed by atoms with E-state index in [1.165, 1.54) is 26.4 Å². The van der Waals surface area contributed by atoms with Crippen molar-refractivity contribution in [2.24, 2.45) is 5.10 Å². The third kappa shape index (κ3) is 4.55. The van der Waals surface area contributed by atoms with E-state index in [-0.39, 0.29) is 28.9 Å². The number of carboxylic acid groups (broad SMARTS) is 1. The minimum atomic E-state index is -2.92. The molecule has 0 amide bonds. The van der Waals surface area contributed by atoms with Crippen LogP contribution in [0.2, 0.25) is 0 Å². The summed E-state index contributed by atoms with van der Waals surface area (Å²) in [5.74, 6) is -0.213. The molecule has 0 saturated heterocycles. The summed E-state index contributed by atoms with van der Waals surface area (Å²) in [5, 5.41) is 16.6. The van der Waals surface area contributed by atoms with Crippen LogP contribution in [0, 0.1) is 0 Å². The molecule has 2 aliphatic rings. The molecule has 8 nitrogen and oxygen atoms in total. The third-order valence-electron chi connectivity index (χ3n) is 6.22. The molecule has 0 bridgehead atoms. The first-order valence-electron chi connectivity index (χ1n) is 11.2. The number of ether oxygens (including phenoxy) is 4. The van der Waals surface area contributed by atoms with Crippen molar-refractivity contribution >= 4 is 27.6 Å². The lowest BCUT2D eigenvalue weighted by atomic mass is 9.95. The third-order valence-corrected chi connectivity index (χ3v) is 6.72. The molecule has 3 aromatic carbocycles. The lowest BCUT2D eigenvalue weighted by Gasteiger charge is -2.38. The Balaban J connectivity index is 1.61. The maximum atomic E-state index is 12.6. The van der Waals surface area contributed by atoms with Gasteiger partial charge in [-0.1, -0.05) is 15.9 Å². The zero-order valence-electron chi connectivity index (χ0n) is 19.7. The number of nitrogens with zero attached hydrogens (tertiary/aromatic N) is 2. The smallest absolute Gasteiger partial charge is 0.387 e. The van der Waals surface area contributed by atoms with Gasteiger partial charge in [-0.25, -0.2) is 9.80 Å². The number of hydrazone groups is 1. The second-order valence-electron chi connectivity index (χ2n) is 8.27. The Morgan fingerprint density at radius 1 is 1.11 bits per heavy atom. The van der Waals surface area contributed by atoms with Crippen LogP contribution in [-0.2, 0) is 0 Å². The van der Waals surface area contributed by atoms with E-state index >= 15 is 0 Å². The van der Waals surface area contributed by atoms with E-state index in [0.29, 0.717) is 23.4 Å². The number of carbonyl (C=O) groups is 1. The Kier molecular flexibility index (Phi) is 6.63. The van der Waals surface area contributed by atoms with Crippen LogP contribution >= 0.6 is 15.9 Å². The summed E-state index contributed by atoms with van der Waals surface area (Å²) >= 11 is 3.51. The van der Waals surface area contributed by atoms with Crippen molar-refractivity contribution in [1.29, 1.82) is 0 Å². The number of alkyl halides is 2. The van der Waals surface area contributed by atoms with Crippen molar-refractivity contribution in [3.63, 3.8) is 0 Å². The van der Waals surface area contributed by atoms with Crippen LogP contribution < -0.4 is 18.9 Å². The van der Waals surface area contributed by atoms with Gasteiger partial charge in [-0.15, -0.1) is 0 Å². The highest BCUT2D eigenvalue weighted by Gasteiger charge is 2.43. The average molecular weight is 575 g/mol. The SMILES string of the molecule is COc1ccc([C@@H]2Oc3ccc(Br)cc3[C@H]3CC(c4ccc(OC(F)F)cc4)=NN32)c(C(=O)O)c1OC. The van der Waals surface area contributed by atoms with E-state index in [0.717, 1.165) is 15.6 Å². The molecule has 192 valence electrons. The lowest BCUT2D eigenvalue weighted by molar-refractivity contribution is -0.0498. The molecule has 3 aromatic rings. The van der Waals surface area contributed by atoms with Crippen LogP contribution in [0.15, 0.2) is 64.2 Å². The average Bonchev–Trinajstić information content (AvgIpc) is 3.33. The molecule has 0 unspecified atom stereocenters. The molecule has 0 spiro atoms. The Bertz CT molecular complexity index is 1380. The number of hydrogen-bond acceptors (Lipinski definition) is 7. The van der Waals surface area contributed by atoms with Gasteiger partial charge < -0.3 is 24.1 Å². The number of rotatable bonds is 7. The highest BCUT2D eigenvalue weighted by Crippen LogP contribution is 2.50. The van der Waals surface area contributed by atoms with Crippen molar-refractivity contribution in [2.45, 2.75) is 25.3 Å². The summed E-state index contributed by atoms with van der Waals surface area (Å²) in [6, 6.07) is 14.8. The second kappa shape index (κ2) is 9.89. The fourth-order valence-electron chi connectivity index (χ4n) is 4.64. The fraction of sp³-hybridized carbons (Fsp3) is 0.231. The minimum absolute atomic E-state index is 0.0435. The van der Waals surface area contributed by atoms with Crippen LogP contribution in [0.3, 0.4) is 0 Å². The van der Waals surface area contributed by atoms with Crippen LogP contribution in [-0.4, -0.2) is 42.6 Å². The molecular weight excluding hydrogens is 554 g/mol. The zero-order chi connectivity index (χ0) is 26.3. The molecular formula is C26H21BrF2N2O6. The van der Waals surface area contributed by atoms with Crippen LogP contribution in [0.5, 0.6) is 23.0 Å². The van der Waals surface area contributed by atoms with Gasteiger partial charge in [-0.2, -0.15) is 13.9 Å². The first-order chi connectivity index (χ1) is 17.8. The van der Waals surface area contributed by atoms with Crippen molar-refractivity contribution in [3.05, 3.63) is 81.3 Å². The molecule has 0 saturated carbocycles. The number of halogens is 3. The molecule has 0 fully saturated rings. The number of methoxy groups -OCH3 is 2. The minimum Gasteiger partial charge on any atom is -0.493 e. The summed E-state index contributed by atoms with van der Waals surface area (Å²) in [5.41, 5.74) is 2.53. The Hall–Kier alpha value is -3.86. The van der Waals surface area contributed by atoms with Crippen molar-refractivity contribution in [3.8, 4) is 23.0 Å². The van der Waals surface area contributed by atoms with E-state index in [4.69, 9.17) is 19.3 Å². The Labute approximate surface area is 219 Å². The molecule has 2 heterocycles. The molecule has 2 atom stereocenters. The lowest BCUT2D eigenvalue weighted by Crippen LogP contribution is -2.34. The monoisotopic (exact) mass is 574 g/mol. The van der Waals surface area contributed by atoms with Crippen LogP contribution in [0.1, 0.15) is 45.7 Å². The first kappa shape index (κ1) is 24.8. The highest BCUT2D eigenvalue weighted by molar-refractivity contribution is 9.10. The van der Waals surface area contributed by atoms with E-state index in [9.17, 15) is 18.7 Å². The predicted octanol–water partition coefficient (Wildman–Crippen LogP) is 6.01. The quantitative estimate of drug-likeness (QED) is 0.369. The molecule has 37 heavy (non-hydrogen) atoms.